The molecular weight excluding hydrogens is 370 g/mol. The van der Waals surface area contributed by atoms with Crippen molar-refractivity contribution in [3.05, 3.63) is 35.5 Å². The van der Waals surface area contributed by atoms with E-state index in [-0.39, 0.29) is 12.1 Å². The molecule has 0 amide bonds. The molecule has 148 valence electrons. The number of pyridine rings is 1. The van der Waals surface area contributed by atoms with E-state index >= 15 is 0 Å². The fourth-order valence-corrected chi connectivity index (χ4v) is 2.81. The molecule has 1 fully saturated rings. The molecule has 1 aliphatic rings. The number of hydrogen-bond acceptors (Lipinski definition) is 7. The van der Waals surface area contributed by atoms with Gasteiger partial charge in [-0.3, -0.25) is 4.98 Å². The van der Waals surface area contributed by atoms with Crippen LogP contribution in [-0.2, 0) is 19.6 Å². The van der Waals surface area contributed by atoms with Crippen molar-refractivity contribution in [2.24, 2.45) is 0 Å². The molecule has 7 nitrogen and oxygen atoms in total. The Bertz CT molecular complexity index is 792. The topological polar surface area (TPSA) is 73.9 Å². The summed E-state index contributed by atoms with van der Waals surface area (Å²) in [5.74, 6) is -1.98. The first kappa shape index (κ1) is 20.3. The SMILES string of the molecule is CC(CNC(C)C1(C)OOC(C)(C)OO1)Nc1ccnc2cc(Cl)ccc12. The molecule has 2 unspecified atom stereocenters. The van der Waals surface area contributed by atoms with Gasteiger partial charge in [-0.05, 0) is 58.9 Å². The second-order valence-electron chi connectivity index (χ2n) is 7.44. The average Bonchev–Trinajstić information content (AvgIpc) is 2.62. The number of aromatic nitrogens is 1. The predicted octanol–water partition coefficient (Wildman–Crippen LogP) is 4.03. The zero-order valence-corrected chi connectivity index (χ0v) is 17.0. The van der Waals surface area contributed by atoms with E-state index in [4.69, 9.17) is 31.2 Å². The largest absolute Gasteiger partial charge is 0.381 e. The standard InChI is InChI=1S/C19H26ClN3O4/c1-12(11-22-13(2)19(5)26-24-18(3,4)25-27-19)23-16-8-9-21-17-10-14(20)6-7-15(16)17/h6-10,12-13,22H,11H2,1-5H3,(H,21,23). The Labute approximate surface area is 164 Å². The van der Waals surface area contributed by atoms with Crippen molar-refractivity contribution in [3.8, 4) is 0 Å². The molecule has 2 aromatic rings. The van der Waals surface area contributed by atoms with E-state index in [2.05, 4.69) is 22.5 Å². The summed E-state index contributed by atoms with van der Waals surface area (Å²) < 4.78 is 0. The van der Waals surface area contributed by atoms with Gasteiger partial charge >= 0.3 is 0 Å². The maximum absolute atomic E-state index is 6.05. The van der Waals surface area contributed by atoms with Gasteiger partial charge < -0.3 is 10.6 Å². The van der Waals surface area contributed by atoms with E-state index in [9.17, 15) is 0 Å². The summed E-state index contributed by atoms with van der Waals surface area (Å²) in [5, 5.41) is 8.58. The molecular formula is C19H26ClN3O4. The highest BCUT2D eigenvalue weighted by Gasteiger charge is 2.44. The van der Waals surface area contributed by atoms with Crippen LogP contribution in [0.3, 0.4) is 0 Å². The van der Waals surface area contributed by atoms with Gasteiger partial charge in [-0.25, -0.2) is 0 Å². The van der Waals surface area contributed by atoms with Crippen LogP contribution in [0.25, 0.3) is 10.9 Å². The smallest absolute Gasteiger partial charge is 0.246 e. The molecule has 1 aliphatic heterocycles. The minimum absolute atomic E-state index is 0.138. The third kappa shape index (κ3) is 4.87. The molecule has 0 aliphatic carbocycles. The van der Waals surface area contributed by atoms with Crippen LogP contribution in [-0.4, -0.2) is 35.2 Å². The quantitative estimate of drug-likeness (QED) is 0.715. The van der Waals surface area contributed by atoms with Gasteiger partial charge in [0.05, 0.1) is 11.6 Å². The summed E-state index contributed by atoms with van der Waals surface area (Å²) in [7, 11) is 0. The second kappa shape index (κ2) is 7.87. The van der Waals surface area contributed by atoms with Gasteiger partial charge in [0.2, 0.25) is 11.6 Å². The number of fused-ring (bicyclic) bond motifs is 1. The van der Waals surface area contributed by atoms with Crippen molar-refractivity contribution in [1.82, 2.24) is 10.3 Å². The number of nitrogens with one attached hydrogen (secondary N) is 2. The summed E-state index contributed by atoms with van der Waals surface area (Å²) in [5.41, 5.74) is 1.86. The monoisotopic (exact) mass is 395 g/mol. The van der Waals surface area contributed by atoms with Crippen LogP contribution >= 0.6 is 11.6 Å². The number of rotatable bonds is 6. The highest BCUT2D eigenvalue weighted by Crippen LogP contribution is 2.30. The Hall–Kier alpha value is -1.48. The maximum atomic E-state index is 6.05. The molecule has 1 aromatic carbocycles. The van der Waals surface area contributed by atoms with Crippen molar-refractivity contribution in [3.63, 3.8) is 0 Å². The van der Waals surface area contributed by atoms with E-state index in [1.54, 1.807) is 27.0 Å². The first-order valence-electron chi connectivity index (χ1n) is 8.96. The van der Waals surface area contributed by atoms with Gasteiger partial charge in [-0.1, -0.05) is 11.6 Å². The number of hydrogen-bond donors (Lipinski definition) is 2. The molecule has 1 aromatic heterocycles. The van der Waals surface area contributed by atoms with E-state index in [0.717, 1.165) is 16.6 Å². The molecule has 0 spiro atoms. The maximum Gasteiger partial charge on any atom is 0.246 e. The molecule has 2 atom stereocenters. The molecule has 8 heteroatoms. The van der Waals surface area contributed by atoms with Gasteiger partial charge in [0.1, 0.15) is 0 Å². The fraction of sp³-hybridized carbons (Fsp3) is 0.526. The Kier molecular flexibility index (Phi) is 5.90. The van der Waals surface area contributed by atoms with E-state index in [1.165, 1.54) is 0 Å². The van der Waals surface area contributed by atoms with Crippen molar-refractivity contribution in [1.29, 1.82) is 0 Å². The summed E-state index contributed by atoms with van der Waals surface area (Å²) in [6.07, 6.45) is 1.77. The first-order chi connectivity index (χ1) is 12.7. The Morgan fingerprint density at radius 3 is 2.48 bits per heavy atom. The van der Waals surface area contributed by atoms with Crippen molar-refractivity contribution in [2.45, 2.75) is 58.3 Å². The van der Waals surface area contributed by atoms with Crippen LogP contribution in [0.5, 0.6) is 0 Å². The third-order valence-electron chi connectivity index (χ3n) is 4.44. The lowest BCUT2D eigenvalue weighted by atomic mass is 10.1. The highest BCUT2D eigenvalue weighted by molar-refractivity contribution is 6.31. The average molecular weight is 396 g/mol. The van der Waals surface area contributed by atoms with Crippen molar-refractivity contribution in [2.75, 3.05) is 11.9 Å². The highest BCUT2D eigenvalue weighted by atomic mass is 35.5. The number of halogens is 1. The van der Waals surface area contributed by atoms with Crippen molar-refractivity contribution >= 4 is 28.2 Å². The Morgan fingerprint density at radius 1 is 1.07 bits per heavy atom. The van der Waals surface area contributed by atoms with Gasteiger partial charge in [0, 0.05) is 34.9 Å². The molecule has 2 heterocycles. The lowest BCUT2D eigenvalue weighted by Gasteiger charge is -2.41. The molecule has 1 saturated heterocycles. The lowest BCUT2D eigenvalue weighted by molar-refractivity contribution is -0.650. The van der Waals surface area contributed by atoms with Gasteiger partial charge in [-0.15, -0.1) is 0 Å². The summed E-state index contributed by atoms with van der Waals surface area (Å²) in [6, 6.07) is 7.60. The van der Waals surface area contributed by atoms with Crippen LogP contribution in [0.1, 0.15) is 34.6 Å². The van der Waals surface area contributed by atoms with E-state index < -0.39 is 11.6 Å². The van der Waals surface area contributed by atoms with Crippen LogP contribution in [0.15, 0.2) is 30.5 Å². The van der Waals surface area contributed by atoms with Gasteiger partial charge in [0.25, 0.3) is 0 Å². The minimum atomic E-state index is -1.05. The van der Waals surface area contributed by atoms with Crippen LogP contribution in [0, 0.1) is 0 Å². The van der Waals surface area contributed by atoms with Crippen LogP contribution in [0.2, 0.25) is 5.02 Å². The number of nitrogens with zero attached hydrogens (tertiary/aromatic N) is 1. The predicted molar refractivity (Wildman–Crippen MR) is 104 cm³/mol. The fourth-order valence-electron chi connectivity index (χ4n) is 2.64. The Morgan fingerprint density at radius 2 is 1.78 bits per heavy atom. The molecule has 27 heavy (non-hydrogen) atoms. The lowest BCUT2D eigenvalue weighted by Crippen LogP contribution is -2.57. The summed E-state index contributed by atoms with van der Waals surface area (Å²) >= 11 is 6.05. The number of benzene rings is 1. The first-order valence-corrected chi connectivity index (χ1v) is 9.34. The number of anilines is 1. The molecule has 3 rings (SSSR count). The molecule has 0 saturated carbocycles. The molecule has 2 N–H and O–H groups in total. The van der Waals surface area contributed by atoms with Crippen molar-refractivity contribution < 1.29 is 19.6 Å². The zero-order valence-electron chi connectivity index (χ0n) is 16.2. The normalized spacial score (nSPS) is 21.0. The van der Waals surface area contributed by atoms with E-state index in [1.807, 2.05) is 31.2 Å². The summed E-state index contributed by atoms with van der Waals surface area (Å²) in [4.78, 5) is 25.7. The third-order valence-corrected chi connectivity index (χ3v) is 4.67. The van der Waals surface area contributed by atoms with Gasteiger partial charge in [-0.2, -0.15) is 19.6 Å². The molecule has 0 radical (unpaired) electrons. The van der Waals surface area contributed by atoms with Crippen LogP contribution < -0.4 is 10.6 Å². The molecule has 0 bridgehead atoms. The second-order valence-corrected chi connectivity index (χ2v) is 7.88. The zero-order chi connectivity index (χ0) is 19.7. The van der Waals surface area contributed by atoms with E-state index in [0.29, 0.717) is 11.6 Å². The summed E-state index contributed by atoms with van der Waals surface area (Å²) in [6.45, 7) is 9.89. The van der Waals surface area contributed by atoms with Gasteiger partial charge in [0.15, 0.2) is 0 Å². The van der Waals surface area contributed by atoms with Crippen LogP contribution in [0.4, 0.5) is 5.69 Å². The minimum Gasteiger partial charge on any atom is -0.381 e. The Balaban J connectivity index is 1.58.